The van der Waals surface area contributed by atoms with Crippen molar-refractivity contribution in [2.45, 2.75) is 65.0 Å². The molecule has 0 aliphatic carbocycles. The summed E-state index contributed by atoms with van der Waals surface area (Å²) in [5.41, 5.74) is 11.5. The fraction of sp³-hybridized carbons (Fsp3) is 1.00. The van der Waals surface area contributed by atoms with Gasteiger partial charge in [0.15, 0.2) is 0 Å². The Hall–Kier alpha value is -0.0800. The molecule has 1 unspecified atom stereocenters. The first-order chi connectivity index (χ1) is 6.04. The van der Waals surface area contributed by atoms with Crippen molar-refractivity contribution >= 4 is 0 Å². The van der Waals surface area contributed by atoms with E-state index in [1.807, 2.05) is 0 Å². The van der Waals surface area contributed by atoms with Crippen LogP contribution >= 0.6 is 0 Å². The fourth-order valence-corrected chi connectivity index (χ4v) is 1.49. The molecule has 0 aromatic heterocycles. The Morgan fingerprint density at radius 3 is 2.15 bits per heavy atom. The van der Waals surface area contributed by atoms with Gasteiger partial charge in [0, 0.05) is 0 Å². The summed E-state index contributed by atoms with van der Waals surface area (Å²) in [6, 6.07) is 0. The lowest BCUT2D eigenvalue weighted by atomic mass is 9.88. The smallest absolute Gasteiger partial charge is 0.0660 e. The highest BCUT2D eigenvalue weighted by Gasteiger charge is 2.23. The Morgan fingerprint density at radius 1 is 1.08 bits per heavy atom. The Kier molecular flexibility index (Phi) is 6.35. The predicted octanol–water partition coefficient (Wildman–Crippen LogP) is 2.62. The molecule has 0 aromatic carbocycles. The highest BCUT2D eigenvalue weighted by Crippen LogP contribution is 2.19. The normalized spacial score (nSPS) is 14.5. The largest absolute Gasteiger partial charge is 0.313 e. The summed E-state index contributed by atoms with van der Waals surface area (Å²) >= 11 is 0. The van der Waals surface area contributed by atoms with Gasteiger partial charge in [0.2, 0.25) is 0 Å². The molecule has 0 heterocycles. The molecule has 0 amide bonds. The molecule has 2 nitrogen and oxygen atoms in total. The van der Waals surface area contributed by atoms with E-state index in [-0.39, 0.29) is 0 Å². The van der Waals surface area contributed by atoms with Gasteiger partial charge >= 0.3 is 0 Å². The number of unbranched alkanes of at least 4 members (excludes halogenated alkanes) is 3. The minimum atomic E-state index is -0.452. The van der Waals surface area contributed by atoms with E-state index in [0.29, 0.717) is 5.92 Å². The molecule has 4 N–H and O–H groups in total. The molecule has 0 aromatic rings. The zero-order chi connectivity index (χ0) is 10.3. The molecule has 0 aliphatic heterocycles. The maximum atomic E-state index is 5.95. The SMILES string of the molecule is CCCCCCC(C)C(N)(N)CC. The van der Waals surface area contributed by atoms with Gasteiger partial charge in [0.1, 0.15) is 0 Å². The summed E-state index contributed by atoms with van der Waals surface area (Å²) in [6.07, 6.45) is 7.24. The van der Waals surface area contributed by atoms with Crippen molar-refractivity contribution in [3.05, 3.63) is 0 Å². The second-order valence-corrected chi connectivity index (χ2v) is 4.22. The first-order valence-corrected chi connectivity index (χ1v) is 5.62. The van der Waals surface area contributed by atoms with Crippen molar-refractivity contribution in [2.24, 2.45) is 17.4 Å². The molecule has 0 spiro atoms. The molecule has 0 rings (SSSR count). The van der Waals surface area contributed by atoms with Gasteiger partial charge in [-0.1, -0.05) is 46.5 Å². The van der Waals surface area contributed by atoms with Crippen LogP contribution in [0.25, 0.3) is 0 Å². The average molecular weight is 186 g/mol. The topological polar surface area (TPSA) is 52.0 Å². The number of rotatable bonds is 7. The first kappa shape index (κ1) is 12.9. The van der Waals surface area contributed by atoms with Crippen LogP contribution in [0.4, 0.5) is 0 Å². The summed E-state index contributed by atoms with van der Waals surface area (Å²) < 4.78 is 0. The van der Waals surface area contributed by atoms with Crippen LogP contribution in [0.15, 0.2) is 0 Å². The molecule has 0 fully saturated rings. The van der Waals surface area contributed by atoms with E-state index in [4.69, 9.17) is 11.5 Å². The Bertz CT molecular complexity index is 121. The van der Waals surface area contributed by atoms with E-state index in [1.54, 1.807) is 0 Å². The van der Waals surface area contributed by atoms with Crippen LogP contribution in [0.5, 0.6) is 0 Å². The van der Waals surface area contributed by atoms with E-state index >= 15 is 0 Å². The molecule has 2 heteroatoms. The number of nitrogens with two attached hydrogens (primary N) is 2. The van der Waals surface area contributed by atoms with Crippen molar-refractivity contribution in [3.63, 3.8) is 0 Å². The Balaban J connectivity index is 3.55. The molecule has 80 valence electrons. The van der Waals surface area contributed by atoms with Crippen molar-refractivity contribution in [3.8, 4) is 0 Å². The van der Waals surface area contributed by atoms with Crippen LogP contribution in [0.3, 0.4) is 0 Å². The summed E-state index contributed by atoms with van der Waals surface area (Å²) in [4.78, 5) is 0. The second kappa shape index (κ2) is 6.39. The van der Waals surface area contributed by atoms with Gasteiger partial charge in [0.05, 0.1) is 5.66 Å². The van der Waals surface area contributed by atoms with Gasteiger partial charge in [-0.25, -0.2) is 0 Å². The molecule has 13 heavy (non-hydrogen) atoms. The van der Waals surface area contributed by atoms with Crippen LogP contribution in [0, 0.1) is 5.92 Å². The van der Waals surface area contributed by atoms with E-state index in [9.17, 15) is 0 Å². The first-order valence-electron chi connectivity index (χ1n) is 5.62. The van der Waals surface area contributed by atoms with Crippen molar-refractivity contribution in [1.29, 1.82) is 0 Å². The monoisotopic (exact) mass is 186 g/mol. The molecule has 0 saturated heterocycles. The van der Waals surface area contributed by atoms with Crippen LogP contribution < -0.4 is 11.5 Å². The van der Waals surface area contributed by atoms with Crippen LogP contribution in [-0.4, -0.2) is 5.66 Å². The van der Waals surface area contributed by atoms with E-state index in [1.165, 1.54) is 32.1 Å². The zero-order valence-corrected chi connectivity index (χ0v) is 9.47. The van der Waals surface area contributed by atoms with Crippen LogP contribution in [0.1, 0.15) is 59.3 Å². The fourth-order valence-electron chi connectivity index (χ4n) is 1.49. The van der Waals surface area contributed by atoms with Gasteiger partial charge < -0.3 is 11.5 Å². The molecular weight excluding hydrogens is 160 g/mol. The maximum absolute atomic E-state index is 5.95. The maximum Gasteiger partial charge on any atom is 0.0660 e. The zero-order valence-electron chi connectivity index (χ0n) is 9.47. The molecule has 0 saturated carbocycles. The van der Waals surface area contributed by atoms with Gasteiger partial charge in [-0.3, -0.25) is 0 Å². The van der Waals surface area contributed by atoms with E-state index < -0.39 is 5.66 Å². The molecular formula is C11H26N2. The van der Waals surface area contributed by atoms with Crippen molar-refractivity contribution < 1.29 is 0 Å². The molecule has 1 atom stereocenters. The van der Waals surface area contributed by atoms with Crippen LogP contribution in [0.2, 0.25) is 0 Å². The molecule has 0 aliphatic rings. The third-order valence-electron chi connectivity index (χ3n) is 3.02. The summed E-state index contributed by atoms with van der Waals surface area (Å²) in [5, 5.41) is 0. The van der Waals surface area contributed by atoms with Crippen molar-refractivity contribution in [1.82, 2.24) is 0 Å². The predicted molar refractivity (Wildman–Crippen MR) is 59.3 cm³/mol. The quantitative estimate of drug-likeness (QED) is 0.474. The lowest BCUT2D eigenvalue weighted by Gasteiger charge is -2.30. The minimum Gasteiger partial charge on any atom is -0.313 e. The third-order valence-corrected chi connectivity index (χ3v) is 3.02. The van der Waals surface area contributed by atoms with E-state index in [0.717, 1.165) is 6.42 Å². The molecule has 0 radical (unpaired) electrons. The highest BCUT2D eigenvalue weighted by atomic mass is 15.0. The summed E-state index contributed by atoms with van der Waals surface area (Å²) in [5.74, 6) is 0.439. The minimum absolute atomic E-state index is 0.439. The summed E-state index contributed by atoms with van der Waals surface area (Å²) in [7, 11) is 0. The Labute approximate surface area is 83.1 Å². The number of hydrogen-bond acceptors (Lipinski definition) is 2. The third kappa shape index (κ3) is 5.27. The number of hydrogen-bond donors (Lipinski definition) is 2. The van der Waals surface area contributed by atoms with Gasteiger partial charge in [-0.15, -0.1) is 0 Å². The lowest BCUT2D eigenvalue weighted by Crippen LogP contribution is -2.54. The average Bonchev–Trinajstić information content (AvgIpc) is 2.12. The Morgan fingerprint density at radius 2 is 1.69 bits per heavy atom. The van der Waals surface area contributed by atoms with Gasteiger partial charge in [-0.2, -0.15) is 0 Å². The standard InChI is InChI=1S/C11H26N2/c1-4-6-7-8-9-10(3)11(12,13)5-2/h10H,4-9,12-13H2,1-3H3. The highest BCUT2D eigenvalue weighted by molar-refractivity contribution is 4.80. The lowest BCUT2D eigenvalue weighted by molar-refractivity contribution is 0.267. The summed E-state index contributed by atoms with van der Waals surface area (Å²) in [6.45, 7) is 6.45. The van der Waals surface area contributed by atoms with E-state index in [2.05, 4.69) is 20.8 Å². The molecule has 0 bridgehead atoms. The van der Waals surface area contributed by atoms with Gasteiger partial charge in [0.25, 0.3) is 0 Å². The van der Waals surface area contributed by atoms with Crippen LogP contribution in [-0.2, 0) is 0 Å². The van der Waals surface area contributed by atoms with Gasteiger partial charge in [-0.05, 0) is 18.8 Å². The second-order valence-electron chi connectivity index (χ2n) is 4.22. The van der Waals surface area contributed by atoms with Crippen molar-refractivity contribution in [2.75, 3.05) is 0 Å².